The average Bonchev–Trinajstić information content (AvgIpc) is 2.68. The summed E-state index contributed by atoms with van der Waals surface area (Å²) in [6, 6.07) is 11.9. The molecule has 1 fully saturated rings. The van der Waals surface area contributed by atoms with E-state index < -0.39 is 23.1 Å². The Hall–Kier alpha value is -3.01. The normalized spacial score (nSPS) is 27.4. The van der Waals surface area contributed by atoms with E-state index in [9.17, 15) is 20.2 Å². The molecule has 26 heavy (non-hydrogen) atoms. The number of hydrogen-bond acceptors (Lipinski definition) is 5. The quantitative estimate of drug-likeness (QED) is 0.831. The monoisotopic (exact) mass is 347 g/mol. The van der Waals surface area contributed by atoms with E-state index in [1.165, 1.54) is 12.1 Å². The molecule has 1 unspecified atom stereocenters. The molecule has 0 radical (unpaired) electrons. The number of nitriles is 3. The van der Waals surface area contributed by atoms with Crippen LogP contribution in [0, 0.1) is 62.5 Å². The first-order chi connectivity index (χ1) is 12.5. The maximum atomic E-state index is 13.4. The number of rotatable bonds is 2. The predicted molar refractivity (Wildman–Crippen MR) is 93.3 cm³/mol. The first kappa shape index (κ1) is 17.8. The molecule has 6 heteroatoms. The van der Waals surface area contributed by atoms with E-state index in [0.29, 0.717) is 18.7 Å². The van der Waals surface area contributed by atoms with Crippen molar-refractivity contribution in [1.82, 2.24) is 4.90 Å². The lowest BCUT2D eigenvalue weighted by Crippen LogP contribution is -2.52. The summed E-state index contributed by atoms with van der Waals surface area (Å²) in [4.78, 5) is 2.17. The molecule has 0 amide bonds. The van der Waals surface area contributed by atoms with Crippen LogP contribution in [0.2, 0.25) is 0 Å². The molecule has 0 bridgehead atoms. The van der Waals surface area contributed by atoms with Crippen LogP contribution in [0.1, 0.15) is 18.4 Å². The first-order valence-corrected chi connectivity index (χ1v) is 8.51. The minimum absolute atomic E-state index is 0.174. The van der Waals surface area contributed by atoms with Gasteiger partial charge in [-0.25, -0.2) is 4.39 Å². The highest BCUT2D eigenvalue weighted by Crippen LogP contribution is 2.53. The zero-order valence-electron chi connectivity index (χ0n) is 14.4. The van der Waals surface area contributed by atoms with Gasteiger partial charge in [-0.1, -0.05) is 25.1 Å². The fourth-order valence-corrected chi connectivity index (χ4v) is 4.17. The number of fused-ring (bicyclic) bond motifs is 1. The third-order valence-corrected chi connectivity index (χ3v) is 5.54. The Labute approximate surface area is 152 Å². The number of likely N-dealkylation sites (N-methyl/N-ethyl adjacent to an activating group) is 1. The van der Waals surface area contributed by atoms with Gasteiger partial charge in [-0.2, -0.15) is 15.8 Å². The van der Waals surface area contributed by atoms with Crippen molar-refractivity contribution in [2.24, 2.45) is 17.3 Å². The summed E-state index contributed by atoms with van der Waals surface area (Å²) in [5.41, 5.74) is -0.467. The standard InChI is InChI=1S/C20H18FN5/c1-2-26-8-7-15-16(9-22)19(25)20(11-23,12-24)18(17(15)10-26)13-3-5-14(21)6-4-13/h3-7,16-18,25H,2,8,10H2,1H3/t16?,17-,18-/m0/s1. The van der Waals surface area contributed by atoms with E-state index in [4.69, 9.17) is 5.41 Å². The van der Waals surface area contributed by atoms with Crippen LogP contribution in [0.25, 0.3) is 0 Å². The number of benzene rings is 1. The fraction of sp³-hybridized carbons (Fsp3) is 0.400. The molecule has 1 aliphatic carbocycles. The van der Waals surface area contributed by atoms with Crippen molar-refractivity contribution >= 4 is 5.71 Å². The summed E-state index contributed by atoms with van der Waals surface area (Å²) in [7, 11) is 0. The lowest BCUT2D eigenvalue weighted by Gasteiger charge is -2.47. The molecule has 1 N–H and O–H groups in total. The van der Waals surface area contributed by atoms with E-state index in [1.54, 1.807) is 12.1 Å². The number of hydrogen-bond donors (Lipinski definition) is 1. The third kappa shape index (κ3) is 2.49. The molecule has 1 aromatic carbocycles. The van der Waals surface area contributed by atoms with E-state index in [1.807, 2.05) is 25.1 Å². The van der Waals surface area contributed by atoms with Gasteiger partial charge in [0.1, 0.15) is 11.7 Å². The van der Waals surface area contributed by atoms with Gasteiger partial charge in [0, 0.05) is 24.9 Å². The summed E-state index contributed by atoms with van der Waals surface area (Å²) in [5.74, 6) is -2.12. The van der Waals surface area contributed by atoms with Gasteiger partial charge >= 0.3 is 0 Å². The minimum atomic E-state index is -1.74. The third-order valence-electron chi connectivity index (χ3n) is 5.54. The molecule has 2 aliphatic rings. The highest BCUT2D eigenvalue weighted by molar-refractivity contribution is 6.00. The lowest BCUT2D eigenvalue weighted by atomic mass is 9.54. The van der Waals surface area contributed by atoms with Gasteiger partial charge < -0.3 is 5.41 Å². The Kier molecular flexibility index (Phi) is 4.60. The van der Waals surface area contributed by atoms with E-state index in [2.05, 4.69) is 11.0 Å². The van der Waals surface area contributed by atoms with Gasteiger partial charge in [-0.15, -0.1) is 0 Å². The molecule has 3 rings (SSSR count). The van der Waals surface area contributed by atoms with Crippen LogP contribution in [-0.4, -0.2) is 30.2 Å². The molecule has 1 heterocycles. The Morgan fingerprint density at radius 1 is 1.23 bits per heavy atom. The molecule has 3 atom stereocenters. The second-order valence-electron chi connectivity index (χ2n) is 6.70. The van der Waals surface area contributed by atoms with Crippen LogP contribution in [0.15, 0.2) is 35.9 Å². The molecule has 1 aromatic rings. The van der Waals surface area contributed by atoms with Crippen molar-refractivity contribution in [1.29, 1.82) is 21.2 Å². The van der Waals surface area contributed by atoms with Crippen LogP contribution in [0.3, 0.4) is 0 Å². The Balaban J connectivity index is 2.24. The van der Waals surface area contributed by atoms with Gasteiger partial charge in [0.05, 0.1) is 23.9 Å². The van der Waals surface area contributed by atoms with E-state index in [-0.39, 0.29) is 11.6 Å². The zero-order chi connectivity index (χ0) is 18.9. The Morgan fingerprint density at radius 2 is 1.88 bits per heavy atom. The minimum Gasteiger partial charge on any atom is -0.305 e. The fourth-order valence-electron chi connectivity index (χ4n) is 4.17. The van der Waals surface area contributed by atoms with Gasteiger partial charge in [0.25, 0.3) is 0 Å². The largest absolute Gasteiger partial charge is 0.305 e. The van der Waals surface area contributed by atoms with E-state index >= 15 is 0 Å². The van der Waals surface area contributed by atoms with Crippen molar-refractivity contribution in [3.05, 3.63) is 47.3 Å². The number of halogens is 1. The van der Waals surface area contributed by atoms with Crippen molar-refractivity contribution < 1.29 is 4.39 Å². The van der Waals surface area contributed by atoms with E-state index in [0.717, 1.165) is 12.1 Å². The molecule has 0 spiro atoms. The summed E-state index contributed by atoms with van der Waals surface area (Å²) in [6.07, 6.45) is 1.95. The summed E-state index contributed by atoms with van der Waals surface area (Å²) in [6.45, 7) is 4.11. The first-order valence-electron chi connectivity index (χ1n) is 8.51. The van der Waals surface area contributed by atoms with Crippen molar-refractivity contribution in [3.8, 4) is 18.2 Å². The summed E-state index contributed by atoms with van der Waals surface area (Å²) < 4.78 is 13.4. The topological polar surface area (TPSA) is 98.5 Å². The second-order valence-corrected chi connectivity index (χ2v) is 6.70. The second kappa shape index (κ2) is 6.71. The SMILES string of the molecule is CCN1CC=C2C(C#N)C(=N)C(C#N)(C#N)[C@@H](c3ccc(F)cc3)[C@H]2C1. The summed E-state index contributed by atoms with van der Waals surface area (Å²) in [5, 5.41) is 37.9. The van der Waals surface area contributed by atoms with Crippen LogP contribution in [0.5, 0.6) is 0 Å². The zero-order valence-corrected chi connectivity index (χ0v) is 14.4. The smallest absolute Gasteiger partial charge is 0.189 e. The van der Waals surface area contributed by atoms with Gasteiger partial charge in [0.2, 0.25) is 0 Å². The Morgan fingerprint density at radius 3 is 2.42 bits per heavy atom. The van der Waals surface area contributed by atoms with Crippen LogP contribution < -0.4 is 0 Å². The van der Waals surface area contributed by atoms with Crippen molar-refractivity contribution in [2.45, 2.75) is 12.8 Å². The molecule has 1 aliphatic heterocycles. The predicted octanol–water partition coefficient (Wildman–Crippen LogP) is 2.99. The molecule has 1 saturated carbocycles. The number of nitrogens with one attached hydrogen (secondary N) is 1. The molecule has 130 valence electrons. The highest BCUT2D eigenvalue weighted by Gasteiger charge is 2.57. The molecular weight excluding hydrogens is 329 g/mol. The van der Waals surface area contributed by atoms with Gasteiger partial charge in [-0.3, -0.25) is 4.90 Å². The maximum Gasteiger partial charge on any atom is 0.189 e. The molecule has 0 saturated heterocycles. The van der Waals surface area contributed by atoms with Crippen molar-refractivity contribution in [2.75, 3.05) is 19.6 Å². The van der Waals surface area contributed by atoms with Gasteiger partial charge in [0.15, 0.2) is 5.41 Å². The molecule has 5 nitrogen and oxygen atoms in total. The number of nitrogens with zero attached hydrogens (tertiary/aromatic N) is 4. The van der Waals surface area contributed by atoms with Crippen molar-refractivity contribution in [3.63, 3.8) is 0 Å². The molecule has 0 aromatic heterocycles. The summed E-state index contributed by atoms with van der Waals surface area (Å²) >= 11 is 0. The Bertz CT molecular complexity index is 867. The van der Waals surface area contributed by atoms with Crippen LogP contribution >= 0.6 is 0 Å². The van der Waals surface area contributed by atoms with Crippen LogP contribution in [0.4, 0.5) is 4.39 Å². The van der Waals surface area contributed by atoms with Crippen LogP contribution in [-0.2, 0) is 0 Å². The average molecular weight is 347 g/mol. The molecular formula is C20H18FN5. The maximum absolute atomic E-state index is 13.4. The lowest BCUT2D eigenvalue weighted by molar-refractivity contribution is 0.211. The highest BCUT2D eigenvalue weighted by atomic mass is 19.1. The van der Waals surface area contributed by atoms with Gasteiger partial charge in [-0.05, 0) is 29.8 Å².